The number of carbonyl (C=O) groups is 1. The van der Waals surface area contributed by atoms with Crippen molar-refractivity contribution >= 4 is 23.3 Å². The molecule has 1 fully saturated rings. The number of nitrogens with two attached hydrogens (primary N) is 1. The van der Waals surface area contributed by atoms with Crippen LogP contribution in [0.2, 0.25) is 5.15 Å². The van der Waals surface area contributed by atoms with Crippen molar-refractivity contribution in [1.82, 2.24) is 10.2 Å². The van der Waals surface area contributed by atoms with E-state index in [-0.39, 0.29) is 11.4 Å². The molecule has 1 aromatic rings. The first-order valence-electron chi connectivity index (χ1n) is 5.15. The molecule has 5 nitrogen and oxygen atoms in total. The second-order valence-corrected chi connectivity index (χ2v) is 4.57. The van der Waals surface area contributed by atoms with Crippen LogP contribution >= 0.6 is 11.6 Å². The molecule has 86 valence electrons. The molecule has 2 rings (SSSR count). The number of rotatable bonds is 3. The quantitative estimate of drug-likeness (QED) is 0.836. The molecule has 0 radical (unpaired) electrons. The molecule has 0 unspecified atom stereocenters. The number of nitrogens with zero attached hydrogens (tertiary/aromatic N) is 2. The third kappa shape index (κ3) is 2.68. The lowest BCUT2D eigenvalue weighted by Gasteiger charge is -2.37. The molecule has 1 heterocycles. The lowest BCUT2D eigenvalue weighted by atomic mass is 9.75. The minimum absolute atomic E-state index is 0.126. The second-order valence-electron chi connectivity index (χ2n) is 4.18. The monoisotopic (exact) mass is 240 g/mol. The molecular formula is C10H13ClN4O. The highest BCUT2D eigenvalue weighted by atomic mass is 35.5. The van der Waals surface area contributed by atoms with E-state index in [1.54, 1.807) is 12.1 Å². The van der Waals surface area contributed by atoms with Crippen molar-refractivity contribution in [1.29, 1.82) is 0 Å². The molecule has 0 bridgehead atoms. The van der Waals surface area contributed by atoms with Crippen LogP contribution in [0.1, 0.15) is 25.7 Å². The normalized spacial score (nSPS) is 17.6. The largest absolute Gasteiger partial charge is 0.325 e. The summed E-state index contributed by atoms with van der Waals surface area (Å²) in [5.74, 6) is 0.274. The van der Waals surface area contributed by atoms with Crippen LogP contribution in [0.3, 0.4) is 0 Å². The topological polar surface area (TPSA) is 80.9 Å². The number of amides is 1. The summed E-state index contributed by atoms with van der Waals surface area (Å²) in [6.07, 6.45) is 3.25. The third-order valence-corrected chi connectivity index (χ3v) is 2.96. The van der Waals surface area contributed by atoms with Gasteiger partial charge in [0.05, 0.1) is 0 Å². The van der Waals surface area contributed by atoms with E-state index in [2.05, 4.69) is 15.5 Å². The molecule has 0 aliphatic heterocycles. The number of nitrogens with one attached hydrogen (secondary N) is 1. The van der Waals surface area contributed by atoms with Gasteiger partial charge < -0.3 is 11.1 Å². The van der Waals surface area contributed by atoms with Crippen molar-refractivity contribution in [3.8, 4) is 0 Å². The van der Waals surface area contributed by atoms with Gasteiger partial charge >= 0.3 is 0 Å². The van der Waals surface area contributed by atoms with Crippen molar-refractivity contribution in [3.05, 3.63) is 17.3 Å². The molecule has 1 aliphatic carbocycles. The summed E-state index contributed by atoms with van der Waals surface area (Å²) in [7, 11) is 0. The van der Waals surface area contributed by atoms with Gasteiger partial charge in [0.25, 0.3) is 0 Å². The molecule has 0 aromatic carbocycles. The Balaban J connectivity index is 1.89. The number of carbonyl (C=O) groups excluding carboxylic acids is 1. The van der Waals surface area contributed by atoms with E-state index in [0.717, 1.165) is 19.3 Å². The van der Waals surface area contributed by atoms with Gasteiger partial charge in [-0.2, -0.15) is 0 Å². The Morgan fingerprint density at radius 2 is 2.25 bits per heavy atom. The Bertz CT molecular complexity index is 388. The average molecular weight is 241 g/mol. The number of anilines is 1. The molecule has 6 heteroatoms. The van der Waals surface area contributed by atoms with E-state index in [0.29, 0.717) is 17.4 Å². The highest BCUT2D eigenvalue weighted by molar-refractivity contribution is 6.29. The van der Waals surface area contributed by atoms with Gasteiger partial charge in [0.15, 0.2) is 11.0 Å². The van der Waals surface area contributed by atoms with E-state index >= 15 is 0 Å². The molecule has 16 heavy (non-hydrogen) atoms. The van der Waals surface area contributed by atoms with Gasteiger partial charge in [-0.1, -0.05) is 11.6 Å². The number of hydrogen-bond acceptors (Lipinski definition) is 4. The number of aromatic nitrogens is 2. The summed E-state index contributed by atoms with van der Waals surface area (Å²) < 4.78 is 0. The highest BCUT2D eigenvalue weighted by Gasteiger charge is 2.34. The van der Waals surface area contributed by atoms with Crippen molar-refractivity contribution in [2.45, 2.75) is 31.2 Å². The number of hydrogen-bond donors (Lipinski definition) is 2. The van der Waals surface area contributed by atoms with Crippen LogP contribution in [0.25, 0.3) is 0 Å². The molecule has 0 atom stereocenters. The lowest BCUT2D eigenvalue weighted by Crippen LogP contribution is -2.48. The van der Waals surface area contributed by atoms with E-state index < -0.39 is 0 Å². The molecule has 1 amide bonds. The van der Waals surface area contributed by atoms with Crippen LogP contribution in [0.4, 0.5) is 5.82 Å². The standard InChI is InChI=1S/C10H13ClN4O/c11-7-2-3-8(15-14-7)13-9(16)6-10(12)4-1-5-10/h2-3H,1,4-6,12H2,(H,13,15,16). The summed E-state index contributed by atoms with van der Waals surface area (Å²) in [5, 5.41) is 10.3. The Hall–Kier alpha value is -1.20. The molecule has 3 N–H and O–H groups in total. The van der Waals surface area contributed by atoms with Gasteiger partial charge in [0, 0.05) is 12.0 Å². The van der Waals surface area contributed by atoms with Gasteiger partial charge in [0.1, 0.15) is 0 Å². The summed E-state index contributed by atoms with van der Waals surface area (Å²) >= 11 is 5.58. The van der Waals surface area contributed by atoms with Crippen molar-refractivity contribution in [2.75, 3.05) is 5.32 Å². The maximum atomic E-state index is 11.6. The predicted molar refractivity (Wildman–Crippen MR) is 61.1 cm³/mol. The van der Waals surface area contributed by atoms with Crippen LogP contribution in [-0.4, -0.2) is 21.6 Å². The zero-order valence-corrected chi connectivity index (χ0v) is 9.50. The maximum Gasteiger partial charge on any atom is 0.227 e. The minimum Gasteiger partial charge on any atom is -0.325 e. The molecular weight excluding hydrogens is 228 g/mol. The highest BCUT2D eigenvalue weighted by Crippen LogP contribution is 2.32. The second kappa shape index (κ2) is 4.35. The molecule has 0 spiro atoms. The van der Waals surface area contributed by atoms with Crippen LogP contribution in [0, 0.1) is 0 Å². The Morgan fingerprint density at radius 1 is 1.50 bits per heavy atom. The van der Waals surface area contributed by atoms with Crippen molar-refractivity contribution in [3.63, 3.8) is 0 Å². The van der Waals surface area contributed by atoms with E-state index in [4.69, 9.17) is 17.3 Å². The first kappa shape index (κ1) is 11.3. The molecule has 1 saturated carbocycles. The maximum absolute atomic E-state index is 11.6. The van der Waals surface area contributed by atoms with Crippen LogP contribution in [0.5, 0.6) is 0 Å². The number of halogens is 1. The predicted octanol–water partition coefficient (Wildman–Crippen LogP) is 1.34. The van der Waals surface area contributed by atoms with Crippen molar-refractivity contribution < 1.29 is 4.79 Å². The Labute approximate surface area is 98.4 Å². The Kier molecular flexibility index (Phi) is 3.07. The van der Waals surface area contributed by atoms with Crippen molar-refractivity contribution in [2.24, 2.45) is 5.73 Å². The zero-order chi connectivity index (χ0) is 11.6. The molecule has 0 saturated heterocycles. The summed E-state index contributed by atoms with van der Waals surface area (Å²) in [4.78, 5) is 11.6. The SMILES string of the molecule is NC1(CC(=O)Nc2ccc(Cl)nn2)CCC1. The van der Waals surface area contributed by atoms with Crippen LogP contribution in [0.15, 0.2) is 12.1 Å². The van der Waals surface area contributed by atoms with E-state index in [9.17, 15) is 4.79 Å². The summed E-state index contributed by atoms with van der Waals surface area (Å²) in [6, 6.07) is 3.18. The molecule has 1 aromatic heterocycles. The smallest absolute Gasteiger partial charge is 0.227 e. The van der Waals surface area contributed by atoms with Crippen LogP contribution < -0.4 is 11.1 Å². The lowest BCUT2D eigenvalue weighted by molar-refractivity contribution is -0.118. The van der Waals surface area contributed by atoms with Gasteiger partial charge in [-0.15, -0.1) is 10.2 Å². The Morgan fingerprint density at radius 3 is 2.75 bits per heavy atom. The van der Waals surface area contributed by atoms with Gasteiger partial charge in [-0.3, -0.25) is 4.79 Å². The fourth-order valence-electron chi connectivity index (χ4n) is 1.70. The third-order valence-electron chi connectivity index (χ3n) is 2.76. The fraction of sp³-hybridized carbons (Fsp3) is 0.500. The minimum atomic E-state index is -0.316. The summed E-state index contributed by atoms with van der Waals surface area (Å²) in [6.45, 7) is 0. The van der Waals surface area contributed by atoms with Gasteiger partial charge in [-0.25, -0.2) is 0 Å². The van der Waals surface area contributed by atoms with E-state index in [1.807, 2.05) is 0 Å². The van der Waals surface area contributed by atoms with E-state index in [1.165, 1.54) is 0 Å². The molecule has 1 aliphatic rings. The zero-order valence-electron chi connectivity index (χ0n) is 8.74. The first-order chi connectivity index (χ1) is 7.57. The fourth-order valence-corrected chi connectivity index (χ4v) is 1.80. The summed E-state index contributed by atoms with van der Waals surface area (Å²) in [5.41, 5.74) is 5.65. The van der Waals surface area contributed by atoms with Crippen LogP contribution in [-0.2, 0) is 4.79 Å². The average Bonchev–Trinajstić information content (AvgIpc) is 2.19. The van der Waals surface area contributed by atoms with Gasteiger partial charge in [0.2, 0.25) is 5.91 Å². The first-order valence-corrected chi connectivity index (χ1v) is 5.53. The van der Waals surface area contributed by atoms with Gasteiger partial charge in [-0.05, 0) is 31.4 Å².